The number of benzene rings is 3. The van der Waals surface area contributed by atoms with Crippen LogP contribution in [-0.2, 0) is 16.6 Å². The van der Waals surface area contributed by atoms with Gasteiger partial charge in [-0.3, -0.25) is 4.57 Å². The van der Waals surface area contributed by atoms with E-state index in [1.807, 2.05) is 79.0 Å². The summed E-state index contributed by atoms with van der Waals surface area (Å²) in [4.78, 5) is 1.33. The van der Waals surface area contributed by atoms with Gasteiger partial charge in [-0.25, -0.2) is 13.1 Å². The predicted octanol–water partition coefficient (Wildman–Crippen LogP) is 6.57. The van der Waals surface area contributed by atoms with E-state index in [0.717, 1.165) is 27.0 Å². The van der Waals surface area contributed by atoms with Crippen molar-refractivity contribution in [3.05, 3.63) is 119 Å². The first kappa shape index (κ1) is 26.4. The molecule has 0 fully saturated rings. The SMILES string of the molecule is Cc1ccc(S(=O)(=O)N[C@@H](CCSc2nnc(-c3cccs3)n2Cc2ccccc2)c2ccccc2)cc1. The van der Waals surface area contributed by atoms with Gasteiger partial charge in [0, 0.05) is 11.8 Å². The van der Waals surface area contributed by atoms with Crippen molar-refractivity contribution in [1.29, 1.82) is 0 Å². The molecule has 38 heavy (non-hydrogen) atoms. The Hall–Kier alpha value is -3.24. The van der Waals surface area contributed by atoms with Gasteiger partial charge in [-0.15, -0.1) is 21.5 Å². The maximum Gasteiger partial charge on any atom is 0.241 e. The highest BCUT2D eigenvalue weighted by Crippen LogP contribution is 2.30. The average Bonchev–Trinajstić information content (AvgIpc) is 3.60. The van der Waals surface area contributed by atoms with Crippen molar-refractivity contribution < 1.29 is 8.42 Å². The van der Waals surface area contributed by atoms with Gasteiger partial charge in [0.15, 0.2) is 11.0 Å². The minimum absolute atomic E-state index is 0.264. The lowest BCUT2D eigenvalue weighted by Crippen LogP contribution is -2.29. The van der Waals surface area contributed by atoms with Crippen molar-refractivity contribution in [3.8, 4) is 10.7 Å². The number of aryl methyl sites for hydroxylation is 1. The quantitative estimate of drug-likeness (QED) is 0.185. The van der Waals surface area contributed by atoms with Crippen LogP contribution in [0.1, 0.15) is 29.2 Å². The van der Waals surface area contributed by atoms with Crippen molar-refractivity contribution in [1.82, 2.24) is 19.5 Å². The van der Waals surface area contributed by atoms with Crippen LogP contribution in [0.25, 0.3) is 10.7 Å². The molecule has 5 rings (SSSR count). The molecule has 9 heteroatoms. The van der Waals surface area contributed by atoms with Crippen LogP contribution in [-0.4, -0.2) is 28.9 Å². The van der Waals surface area contributed by atoms with Crippen LogP contribution in [0.2, 0.25) is 0 Å². The molecule has 194 valence electrons. The zero-order chi connectivity index (χ0) is 26.4. The lowest BCUT2D eigenvalue weighted by molar-refractivity contribution is 0.551. The van der Waals surface area contributed by atoms with E-state index in [4.69, 9.17) is 0 Å². The monoisotopic (exact) mass is 560 g/mol. The Morgan fingerprint density at radius 3 is 2.29 bits per heavy atom. The van der Waals surface area contributed by atoms with E-state index in [2.05, 4.69) is 37.7 Å². The Balaban J connectivity index is 1.36. The number of aromatic nitrogens is 3. The highest BCUT2D eigenvalue weighted by Gasteiger charge is 2.22. The van der Waals surface area contributed by atoms with Gasteiger partial charge in [-0.05, 0) is 48.1 Å². The van der Waals surface area contributed by atoms with Gasteiger partial charge in [0.25, 0.3) is 0 Å². The fourth-order valence-electron chi connectivity index (χ4n) is 4.11. The van der Waals surface area contributed by atoms with Crippen LogP contribution in [0, 0.1) is 6.92 Å². The number of thiophene rings is 1. The molecule has 5 aromatic rings. The normalized spacial score (nSPS) is 12.4. The molecule has 3 aromatic carbocycles. The van der Waals surface area contributed by atoms with E-state index < -0.39 is 10.0 Å². The van der Waals surface area contributed by atoms with Crippen molar-refractivity contribution in [3.63, 3.8) is 0 Å². The molecule has 1 atom stereocenters. The summed E-state index contributed by atoms with van der Waals surface area (Å²) < 4.78 is 31.5. The van der Waals surface area contributed by atoms with Crippen LogP contribution < -0.4 is 4.72 Å². The molecule has 0 spiro atoms. The minimum atomic E-state index is -3.68. The van der Waals surface area contributed by atoms with Gasteiger partial charge in [0.1, 0.15) is 0 Å². The smallest absolute Gasteiger partial charge is 0.241 e. The van der Waals surface area contributed by atoms with Crippen LogP contribution >= 0.6 is 23.1 Å². The van der Waals surface area contributed by atoms with Crippen LogP contribution in [0.4, 0.5) is 0 Å². The number of sulfonamides is 1. The van der Waals surface area contributed by atoms with Crippen molar-refractivity contribution in [2.24, 2.45) is 0 Å². The second-order valence-electron chi connectivity index (χ2n) is 8.89. The summed E-state index contributed by atoms with van der Waals surface area (Å²) in [6.45, 7) is 2.60. The first-order valence-electron chi connectivity index (χ1n) is 12.3. The minimum Gasteiger partial charge on any atom is -0.297 e. The number of nitrogens with zero attached hydrogens (tertiary/aromatic N) is 3. The number of thioether (sulfide) groups is 1. The molecule has 0 aliphatic rings. The van der Waals surface area contributed by atoms with Gasteiger partial charge < -0.3 is 0 Å². The first-order valence-corrected chi connectivity index (χ1v) is 15.6. The maximum absolute atomic E-state index is 13.2. The summed E-state index contributed by atoms with van der Waals surface area (Å²) in [5, 5.41) is 11.9. The predicted molar refractivity (Wildman–Crippen MR) is 155 cm³/mol. The average molecular weight is 561 g/mol. The topological polar surface area (TPSA) is 76.9 Å². The molecular weight excluding hydrogens is 533 g/mol. The summed E-state index contributed by atoms with van der Waals surface area (Å²) >= 11 is 3.23. The fourth-order valence-corrected chi connectivity index (χ4v) is 7.03. The third-order valence-corrected chi connectivity index (χ3v) is 9.46. The Morgan fingerprint density at radius 1 is 0.895 bits per heavy atom. The van der Waals surface area contributed by atoms with Crippen LogP contribution in [0.5, 0.6) is 0 Å². The Bertz CT molecular complexity index is 1550. The second kappa shape index (κ2) is 12.1. The van der Waals surface area contributed by atoms with Gasteiger partial charge in [0.2, 0.25) is 10.0 Å². The molecule has 2 aromatic heterocycles. The first-order chi connectivity index (χ1) is 18.5. The summed E-state index contributed by atoms with van der Waals surface area (Å²) in [6, 6.07) is 30.6. The van der Waals surface area contributed by atoms with Gasteiger partial charge in [0.05, 0.1) is 16.3 Å². The summed E-state index contributed by atoms with van der Waals surface area (Å²) in [6.07, 6.45) is 0.590. The molecule has 0 bridgehead atoms. The van der Waals surface area contributed by atoms with Gasteiger partial charge in [-0.1, -0.05) is 96.2 Å². The lowest BCUT2D eigenvalue weighted by Gasteiger charge is -2.19. The lowest BCUT2D eigenvalue weighted by atomic mass is 10.1. The number of hydrogen-bond donors (Lipinski definition) is 1. The number of nitrogens with one attached hydrogen (secondary N) is 1. The van der Waals surface area contributed by atoms with E-state index in [9.17, 15) is 8.42 Å². The molecule has 0 aliphatic carbocycles. The van der Waals surface area contributed by atoms with Crippen molar-refractivity contribution in [2.45, 2.75) is 36.0 Å². The van der Waals surface area contributed by atoms with E-state index >= 15 is 0 Å². The highest BCUT2D eigenvalue weighted by molar-refractivity contribution is 7.99. The van der Waals surface area contributed by atoms with Gasteiger partial charge >= 0.3 is 0 Å². The zero-order valence-corrected chi connectivity index (χ0v) is 23.3. The van der Waals surface area contributed by atoms with Crippen LogP contribution in [0.3, 0.4) is 0 Å². The second-order valence-corrected chi connectivity index (χ2v) is 12.6. The summed E-state index contributed by atoms with van der Waals surface area (Å²) in [5.74, 6) is 1.50. The van der Waals surface area contributed by atoms with E-state index in [0.29, 0.717) is 18.7 Å². The van der Waals surface area contributed by atoms with Crippen molar-refractivity contribution >= 4 is 33.1 Å². The fraction of sp³-hybridized carbons (Fsp3) is 0.172. The molecule has 0 saturated carbocycles. The molecule has 2 heterocycles. The standard InChI is InChI=1S/C29H28N4O2S3/c1-22-14-16-25(17-15-22)38(34,35)32-26(24-11-6-3-7-12-24)18-20-37-29-31-30-28(27-13-8-19-36-27)33(29)21-23-9-4-2-5-10-23/h2-17,19,26,32H,18,20-21H2,1H3/t26-/m0/s1. The van der Waals surface area contributed by atoms with Crippen molar-refractivity contribution in [2.75, 3.05) is 5.75 Å². The molecule has 6 nitrogen and oxygen atoms in total. The zero-order valence-electron chi connectivity index (χ0n) is 20.9. The highest BCUT2D eigenvalue weighted by atomic mass is 32.2. The van der Waals surface area contributed by atoms with E-state index in [1.54, 1.807) is 35.2 Å². The molecule has 0 saturated heterocycles. The maximum atomic E-state index is 13.2. The number of rotatable bonds is 11. The molecule has 1 N–H and O–H groups in total. The molecule has 0 radical (unpaired) electrons. The Kier molecular flexibility index (Phi) is 8.38. The summed E-state index contributed by atoms with van der Waals surface area (Å²) in [5.41, 5.74) is 3.11. The molecule has 0 amide bonds. The third kappa shape index (κ3) is 6.42. The third-order valence-electron chi connectivity index (χ3n) is 6.11. The Labute approximate surface area is 231 Å². The van der Waals surface area contributed by atoms with Crippen LogP contribution in [0.15, 0.2) is 112 Å². The molecular formula is C29H28N4O2S3. The molecule has 0 unspecified atom stereocenters. The number of hydrogen-bond acceptors (Lipinski definition) is 6. The summed E-state index contributed by atoms with van der Waals surface area (Å²) in [7, 11) is -3.68. The Morgan fingerprint density at radius 2 is 1.61 bits per heavy atom. The van der Waals surface area contributed by atoms with E-state index in [1.165, 1.54) is 5.56 Å². The van der Waals surface area contributed by atoms with E-state index in [-0.39, 0.29) is 10.9 Å². The largest absolute Gasteiger partial charge is 0.297 e. The van der Waals surface area contributed by atoms with Gasteiger partial charge in [-0.2, -0.15) is 0 Å². The molecule has 0 aliphatic heterocycles.